The van der Waals surface area contributed by atoms with Crippen molar-refractivity contribution < 1.29 is 9.53 Å². The highest BCUT2D eigenvalue weighted by Crippen LogP contribution is 2.16. The number of rotatable bonds is 7. The summed E-state index contributed by atoms with van der Waals surface area (Å²) in [6, 6.07) is 2.13. The van der Waals surface area contributed by atoms with Crippen molar-refractivity contribution in [3.8, 4) is 0 Å². The van der Waals surface area contributed by atoms with Gasteiger partial charge in [0.15, 0.2) is 0 Å². The standard InChI is InChI=1S/C20H31N5O2/c1-15-9-18(16(2)22-15)12-25(14-19-13-23(3)7-8-27-19)20(26)6-5-17-10-21-24(4)11-17/h9-11,19,22H,5-8,12-14H2,1-4H3. The molecule has 1 aliphatic rings. The number of aromatic nitrogens is 3. The molecule has 1 fully saturated rings. The highest BCUT2D eigenvalue weighted by atomic mass is 16.5. The number of nitrogens with zero attached hydrogens (tertiary/aromatic N) is 4. The zero-order valence-corrected chi connectivity index (χ0v) is 16.9. The Labute approximate surface area is 161 Å². The molecule has 0 saturated carbocycles. The number of likely N-dealkylation sites (N-methyl/N-ethyl adjacent to an activating group) is 1. The van der Waals surface area contributed by atoms with Crippen molar-refractivity contribution in [1.29, 1.82) is 0 Å². The number of H-pyrrole nitrogens is 1. The van der Waals surface area contributed by atoms with Crippen LogP contribution >= 0.6 is 0 Å². The summed E-state index contributed by atoms with van der Waals surface area (Å²) < 4.78 is 7.68. The molecule has 2 aromatic rings. The van der Waals surface area contributed by atoms with Gasteiger partial charge in [0, 0.05) is 57.2 Å². The highest BCUT2D eigenvalue weighted by molar-refractivity contribution is 5.76. The van der Waals surface area contributed by atoms with Gasteiger partial charge in [0.05, 0.1) is 18.9 Å². The lowest BCUT2D eigenvalue weighted by molar-refractivity contribution is -0.135. The Hall–Kier alpha value is -2.12. The Morgan fingerprint density at radius 2 is 2.22 bits per heavy atom. The van der Waals surface area contributed by atoms with Gasteiger partial charge in [0.25, 0.3) is 0 Å². The molecule has 148 valence electrons. The molecule has 2 aromatic heterocycles. The number of aromatic amines is 1. The van der Waals surface area contributed by atoms with E-state index in [2.05, 4.69) is 35.0 Å². The predicted molar refractivity (Wildman–Crippen MR) is 104 cm³/mol. The Morgan fingerprint density at radius 3 is 2.85 bits per heavy atom. The molecule has 27 heavy (non-hydrogen) atoms. The van der Waals surface area contributed by atoms with Crippen molar-refractivity contribution in [2.24, 2.45) is 7.05 Å². The Bertz CT molecular complexity index is 766. The number of carbonyl (C=O) groups excluding carboxylic acids is 1. The minimum Gasteiger partial charge on any atom is -0.374 e. The third-order valence-corrected chi connectivity index (χ3v) is 5.12. The van der Waals surface area contributed by atoms with E-state index in [0.29, 0.717) is 25.9 Å². The van der Waals surface area contributed by atoms with Gasteiger partial charge < -0.3 is 19.5 Å². The molecule has 1 N–H and O–H groups in total. The van der Waals surface area contributed by atoms with Gasteiger partial charge in [-0.3, -0.25) is 9.48 Å². The Balaban J connectivity index is 1.67. The fraction of sp³-hybridized carbons (Fsp3) is 0.600. The minimum absolute atomic E-state index is 0.0615. The van der Waals surface area contributed by atoms with E-state index >= 15 is 0 Å². The average Bonchev–Trinajstić information content (AvgIpc) is 3.17. The molecule has 1 unspecified atom stereocenters. The van der Waals surface area contributed by atoms with Crippen LogP contribution in [0.15, 0.2) is 18.5 Å². The van der Waals surface area contributed by atoms with Gasteiger partial charge in [0.1, 0.15) is 0 Å². The highest BCUT2D eigenvalue weighted by Gasteiger charge is 2.24. The summed E-state index contributed by atoms with van der Waals surface area (Å²) in [6.07, 6.45) is 5.05. The van der Waals surface area contributed by atoms with Crippen LogP contribution in [-0.4, -0.2) is 69.9 Å². The van der Waals surface area contributed by atoms with Gasteiger partial charge in [-0.1, -0.05) is 0 Å². The SMILES string of the molecule is Cc1cc(CN(CC2CN(C)CCO2)C(=O)CCc2cnn(C)c2)c(C)[nH]1. The van der Waals surface area contributed by atoms with Gasteiger partial charge in [-0.2, -0.15) is 5.10 Å². The molecule has 1 atom stereocenters. The monoisotopic (exact) mass is 373 g/mol. The van der Waals surface area contributed by atoms with Crippen molar-refractivity contribution in [2.75, 3.05) is 33.3 Å². The maximum absolute atomic E-state index is 13.0. The number of amides is 1. The zero-order valence-electron chi connectivity index (χ0n) is 16.9. The Morgan fingerprint density at radius 1 is 1.41 bits per heavy atom. The van der Waals surface area contributed by atoms with Crippen molar-refractivity contribution >= 4 is 5.91 Å². The lowest BCUT2D eigenvalue weighted by Crippen LogP contribution is -2.47. The second kappa shape index (κ2) is 8.71. The third-order valence-electron chi connectivity index (χ3n) is 5.12. The minimum atomic E-state index is 0.0615. The summed E-state index contributed by atoms with van der Waals surface area (Å²) >= 11 is 0. The van der Waals surface area contributed by atoms with Gasteiger partial charge in [-0.05, 0) is 44.5 Å². The lowest BCUT2D eigenvalue weighted by Gasteiger charge is -2.34. The van der Waals surface area contributed by atoms with Crippen LogP contribution in [0.2, 0.25) is 0 Å². The molecule has 1 amide bonds. The fourth-order valence-corrected chi connectivity index (χ4v) is 3.64. The summed E-state index contributed by atoms with van der Waals surface area (Å²) in [4.78, 5) is 20.6. The molecular weight excluding hydrogens is 342 g/mol. The zero-order chi connectivity index (χ0) is 19.4. The lowest BCUT2D eigenvalue weighted by atomic mass is 10.1. The van der Waals surface area contributed by atoms with Crippen molar-refractivity contribution in [3.63, 3.8) is 0 Å². The van der Waals surface area contributed by atoms with E-state index in [0.717, 1.165) is 36.6 Å². The van der Waals surface area contributed by atoms with Gasteiger partial charge in [-0.25, -0.2) is 0 Å². The first-order valence-corrected chi connectivity index (χ1v) is 9.61. The summed E-state index contributed by atoms with van der Waals surface area (Å²) in [6.45, 7) is 7.88. The van der Waals surface area contributed by atoms with Crippen LogP contribution in [0.1, 0.15) is 28.9 Å². The van der Waals surface area contributed by atoms with Crippen LogP contribution in [0, 0.1) is 13.8 Å². The third kappa shape index (κ3) is 5.43. The maximum atomic E-state index is 13.0. The Kier molecular flexibility index (Phi) is 6.34. The molecule has 7 nitrogen and oxygen atoms in total. The van der Waals surface area contributed by atoms with E-state index in [1.165, 1.54) is 5.56 Å². The number of carbonyl (C=O) groups is 1. The van der Waals surface area contributed by atoms with E-state index < -0.39 is 0 Å². The topological polar surface area (TPSA) is 66.4 Å². The van der Waals surface area contributed by atoms with E-state index in [1.807, 2.05) is 31.3 Å². The smallest absolute Gasteiger partial charge is 0.223 e. The second-order valence-electron chi connectivity index (χ2n) is 7.65. The predicted octanol–water partition coefficient (Wildman–Crippen LogP) is 1.66. The maximum Gasteiger partial charge on any atom is 0.223 e. The molecule has 0 radical (unpaired) electrons. The van der Waals surface area contributed by atoms with Gasteiger partial charge >= 0.3 is 0 Å². The molecule has 0 aliphatic carbocycles. The van der Waals surface area contributed by atoms with Crippen LogP contribution in [-0.2, 0) is 29.5 Å². The van der Waals surface area contributed by atoms with Crippen molar-refractivity contribution in [3.05, 3.63) is 41.0 Å². The summed E-state index contributed by atoms with van der Waals surface area (Å²) in [5, 5.41) is 4.19. The van der Waals surface area contributed by atoms with E-state index in [-0.39, 0.29) is 12.0 Å². The molecule has 0 spiro atoms. The van der Waals surface area contributed by atoms with E-state index in [4.69, 9.17) is 4.74 Å². The number of hydrogen-bond acceptors (Lipinski definition) is 4. The quantitative estimate of drug-likeness (QED) is 0.802. The number of hydrogen-bond donors (Lipinski definition) is 1. The van der Waals surface area contributed by atoms with Crippen molar-refractivity contribution in [1.82, 2.24) is 24.6 Å². The molecule has 3 heterocycles. The van der Waals surface area contributed by atoms with Crippen LogP contribution in [0.3, 0.4) is 0 Å². The van der Waals surface area contributed by atoms with E-state index in [9.17, 15) is 4.79 Å². The van der Waals surface area contributed by atoms with Crippen LogP contribution in [0.5, 0.6) is 0 Å². The van der Waals surface area contributed by atoms with Crippen molar-refractivity contribution in [2.45, 2.75) is 39.3 Å². The first-order valence-electron chi connectivity index (χ1n) is 9.61. The van der Waals surface area contributed by atoms with Crippen LogP contribution < -0.4 is 0 Å². The van der Waals surface area contributed by atoms with Gasteiger partial charge in [0.2, 0.25) is 5.91 Å². The largest absolute Gasteiger partial charge is 0.374 e. The normalized spacial score (nSPS) is 18.0. The van der Waals surface area contributed by atoms with Crippen LogP contribution in [0.25, 0.3) is 0 Å². The fourth-order valence-electron chi connectivity index (χ4n) is 3.64. The molecule has 1 saturated heterocycles. The first-order chi connectivity index (χ1) is 12.9. The molecule has 7 heteroatoms. The molecule has 0 aromatic carbocycles. The summed E-state index contributed by atoms with van der Waals surface area (Å²) in [5.74, 6) is 0.161. The second-order valence-corrected chi connectivity index (χ2v) is 7.65. The number of morpholine rings is 1. The summed E-state index contributed by atoms with van der Waals surface area (Å²) in [7, 11) is 4.00. The molecule has 0 bridgehead atoms. The van der Waals surface area contributed by atoms with E-state index in [1.54, 1.807) is 4.68 Å². The summed E-state index contributed by atoms with van der Waals surface area (Å²) in [5.41, 5.74) is 4.51. The number of nitrogens with one attached hydrogen (secondary N) is 1. The van der Waals surface area contributed by atoms with Crippen LogP contribution in [0.4, 0.5) is 0 Å². The molecule has 3 rings (SSSR count). The average molecular weight is 374 g/mol. The molecular formula is C20H31N5O2. The first kappa shape index (κ1) is 19.6. The molecule has 1 aliphatic heterocycles. The van der Waals surface area contributed by atoms with Gasteiger partial charge in [-0.15, -0.1) is 0 Å². The number of ether oxygens (including phenoxy) is 1. The number of aryl methyl sites for hydroxylation is 4.